The quantitative estimate of drug-likeness (QED) is 0.844. The summed E-state index contributed by atoms with van der Waals surface area (Å²) in [6, 6.07) is 4.73. The van der Waals surface area contributed by atoms with Gasteiger partial charge in [0.05, 0.1) is 6.61 Å². The van der Waals surface area contributed by atoms with Crippen LogP contribution in [0.2, 0.25) is 0 Å². The molecule has 1 aromatic carbocycles. The number of rotatable bonds is 5. The van der Waals surface area contributed by atoms with Crippen LogP contribution in [0.4, 0.5) is 5.69 Å². The van der Waals surface area contributed by atoms with E-state index in [4.69, 9.17) is 0 Å². The van der Waals surface area contributed by atoms with Crippen LogP contribution in [0, 0.1) is 26.7 Å². The van der Waals surface area contributed by atoms with Gasteiger partial charge in [0.15, 0.2) is 0 Å². The Morgan fingerprint density at radius 3 is 2.33 bits per heavy atom. The number of hydrogen-bond donors (Lipinski definition) is 1. The Bertz CT molecular complexity index is 511. The van der Waals surface area contributed by atoms with E-state index in [1.807, 2.05) is 0 Å². The van der Waals surface area contributed by atoms with Gasteiger partial charge in [-0.2, -0.15) is 0 Å². The molecule has 1 aromatic rings. The molecule has 0 aliphatic carbocycles. The fourth-order valence-electron chi connectivity index (χ4n) is 3.45. The largest absolute Gasteiger partial charge is 0.392 e. The Kier molecular flexibility index (Phi) is 5.04. The lowest BCUT2D eigenvalue weighted by Crippen LogP contribution is -2.30. The van der Waals surface area contributed by atoms with Crippen molar-refractivity contribution in [2.75, 3.05) is 24.6 Å². The minimum atomic E-state index is 0.231. The first-order valence-corrected chi connectivity index (χ1v) is 7.98. The second-order valence-corrected chi connectivity index (χ2v) is 6.76. The maximum Gasteiger partial charge on any atom is 0.239 e. The van der Waals surface area contributed by atoms with Crippen LogP contribution in [0.15, 0.2) is 12.1 Å². The maximum absolute atomic E-state index is 9.66. The zero-order valence-corrected chi connectivity index (χ0v) is 14.1. The fraction of sp³-hybridized carbons (Fsp3) is 0.611. The molecule has 0 spiro atoms. The van der Waals surface area contributed by atoms with Crippen molar-refractivity contribution in [3.63, 3.8) is 0 Å². The van der Waals surface area contributed by atoms with Crippen LogP contribution in [0.1, 0.15) is 37.0 Å². The van der Waals surface area contributed by atoms with Crippen LogP contribution in [0.3, 0.4) is 0 Å². The molecule has 3 heteroatoms. The summed E-state index contributed by atoms with van der Waals surface area (Å²) in [6.07, 6.45) is 3.24. The smallest absolute Gasteiger partial charge is 0.239 e. The SMILES string of the molecule is Cc1cc(C)c(N2C=[N+]([C@@H](CO)CC(C)C)CC2)c(C)c1. The van der Waals surface area contributed by atoms with Crippen molar-refractivity contribution in [2.24, 2.45) is 5.92 Å². The molecule has 0 saturated heterocycles. The highest BCUT2D eigenvalue weighted by atomic mass is 16.3. The van der Waals surface area contributed by atoms with Gasteiger partial charge < -0.3 is 5.11 Å². The summed E-state index contributed by atoms with van der Waals surface area (Å²) in [6.45, 7) is 13.2. The first-order valence-electron chi connectivity index (χ1n) is 7.98. The van der Waals surface area contributed by atoms with Crippen LogP contribution in [-0.4, -0.2) is 41.8 Å². The van der Waals surface area contributed by atoms with Gasteiger partial charge in [0.25, 0.3) is 0 Å². The van der Waals surface area contributed by atoms with Gasteiger partial charge in [-0.3, -0.25) is 4.58 Å². The fourth-order valence-corrected chi connectivity index (χ4v) is 3.45. The van der Waals surface area contributed by atoms with Gasteiger partial charge in [-0.15, -0.1) is 0 Å². The summed E-state index contributed by atoms with van der Waals surface area (Å²) < 4.78 is 2.30. The molecule has 0 saturated carbocycles. The predicted molar refractivity (Wildman–Crippen MR) is 89.5 cm³/mol. The van der Waals surface area contributed by atoms with Crippen molar-refractivity contribution in [1.82, 2.24) is 0 Å². The van der Waals surface area contributed by atoms with Crippen molar-refractivity contribution in [1.29, 1.82) is 0 Å². The summed E-state index contributed by atoms with van der Waals surface area (Å²) in [5.74, 6) is 0.604. The van der Waals surface area contributed by atoms with Gasteiger partial charge in [0.2, 0.25) is 6.34 Å². The molecule has 3 nitrogen and oxygen atoms in total. The summed E-state index contributed by atoms with van der Waals surface area (Å²) >= 11 is 0. The van der Waals surface area contributed by atoms with E-state index in [-0.39, 0.29) is 12.6 Å². The van der Waals surface area contributed by atoms with E-state index < -0.39 is 0 Å². The monoisotopic (exact) mass is 289 g/mol. The number of aliphatic hydroxyl groups is 1. The van der Waals surface area contributed by atoms with Crippen LogP contribution < -0.4 is 4.90 Å². The first-order chi connectivity index (χ1) is 9.92. The van der Waals surface area contributed by atoms with Crippen molar-refractivity contribution in [2.45, 2.75) is 47.1 Å². The summed E-state index contributed by atoms with van der Waals surface area (Å²) in [5.41, 5.74) is 5.30. The van der Waals surface area contributed by atoms with E-state index in [1.54, 1.807) is 0 Å². The Balaban J connectivity index is 2.24. The zero-order chi connectivity index (χ0) is 15.6. The third-order valence-electron chi connectivity index (χ3n) is 4.23. The molecule has 0 aromatic heterocycles. The van der Waals surface area contributed by atoms with Crippen molar-refractivity contribution >= 4 is 12.0 Å². The number of aliphatic hydroxyl groups excluding tert-OH is 1. The molecule has 0 fully saturated rings. The molecule has 21 heavy (non-hydrogen) atoms. The maximum atomic E-state index is 9.66. The average molecular weight is 289 g/mol. The van der Waals surface area contributed by atoms with Crippen molar-refractivity contribution in [3.8, 4) is 0 Å². The number of aryl methyl sites for hydroxylation is 3. The molecule has 1 atom stereocenters. The van der Waals surface area contributed by atoms with Gasteiger partial charge in [-0.05, 0) is 44.2 Å². The molecule has 1 aliphatic heterocycles. The summed E-state index contributed by atoms with van der Waals surface area (Å²) in [7, 11) is 0. The summed E-state index contributed by atoms with van der Waals surface area (Å²) in [4.78, 5) is 2.34. The zero-order valence-electron chi connectivity index (χ0n) is 14.1. The minimum Gasteiger partial charge on any atom is -0.392 e. The highest BCUT2D eigenvalue weighted by Crippen LogP contribution is 2.26. The molecular formula is C18H29N2O+. The van der Waals surface area contributed by atoms with Gasteiger partial charge in [-0.25, -0.2) is 4.90 Å². The lowest BCUT2D eigenvalue weighted by Gasteiger charge is -2.16. The lowest BCUT2D eigenvalue weighted by molar-refractivity contribution is -0.558. The number of anilines is 1. The minimum absolute atomic E-state index is 0.231. The van der Waals surface area contributed by atoms with Gasteiger partial charge in [0, 0.05) is 0 Å². The lowest BCUT2D eigenvalue weighted by atomic mass is 10.0. The third kappa shape index (κ3) is 3.65. The first kappa shape index (κ1) is 16.0. The Labute approximate surface area is 128 Å². The molecule has 0 radical (unpaired) electrons. The van der Waals surface area contributed by atoms with Crippen LogP contribution in [0.5, 0.6) is 0 Å². The van der Waals surface area contributed by atoms with E-state index in [9.17, 15) is 5.11 Å². The number of nitrogens with zero attached hydrogens (tertiary/aromatic N) is 2. The van der Waals surface area contributed by atoms with E-state index in [2.05, 4.69) is 62.6 Å². The molecular weight excluding hydrogens is 260 g/mol. The molecule has 0 amide bonds. The molecule has 1 aliphatic rings. The molecule has 2 rings (SSSR count). The molecule has 0 unspecified atom stereocenters. The second kappa shape index (κ2) is 6.61. The molecule has 1 N–H and O–H groups in total. The van der Waals surface area contributed by atoms with Crippen molar-refractivity contribution < 1.29 is 9.68 Å². The standard InChI is InChI=1S/C18H29N2O/c1-13(2)8-17(11-21)19-6-7-20(12-19)18-15(4)9-14(3)10-16(18)5/h9-10,12-13,17,21H,6-8,11H2,1-5H3/q+1/t17-/m1/s1. The van der Waals surface area contributed by atoms with Crippen LogP contribution in [-0.2, 0) is 0 Å². The van der Waals surface area contributed by atoms with Crippen molar-refractivity contribution in [3.05, 3.63) is 28.8 Å². The van der Waals surface area contributed by atoms with Gasteiger partial charge in [0.1, 0.15) is 24.8 Å². The van der Waals surface area contributed by atoms with Gasteiger partial charge in [-0.1, -0.05) is 31.5 Å². The van der Waals surface area contributed by atoms with E-state index in [0.29, 0.717) is 5.92 Å². The van der Waals surface area contributed by atoms with Crippen LogP contribution >= 0.6 is 0 Å². The Morgan fingerprint density at radius 2 is 1.81 bits per heavy atom. The molecule has 0 bridgehead atoms. The summed E-state index contributed by atoms with van der Waals surface area (Å²) in [5, 5.41) is 9.66. The van der Waals surface area contributed by atoms with Gasteiger partial charge >= 0.3 is 0 Å². The van der Waals surface area contributed by atoms with E-state index in [0.717, 1.165) is 19.5 Å². The van der Waals surface area contributed by atoms with E-state index in [1.165, 1.54) is 22.4 Å². The number of hydrogen-bond acceptors (Lipinski definition) is 2. The number of benzene rings is 1. The Hall–Kier alpha value is -1.35. The van der Waals surface area contributed by atoms with Crippen LogP contribution in [0.25, 0.3) is 0 Å². The average Bonchev–Trinajstić information content (AvgIpc) is 2.83. The predicted octanol–water partition coefficient (Wildman–Crippen LogP) is 2.88. The highest BCUT2D eigenvalue weighted by molar-refractivity contribution is 5.81. The molecule has 1 heterocycles. The topological polar surface area (TPSA) is 26.5 Å². The Morgan fingerprint density at radius 1 is 1.19 bits per heavy atom. The normalized spacial score (nSPS) is 16.5. The van der Waals surface area contributed by atoms with E-state index >= 15 is 0 Å². The highest BCUT2D eigenvalue weighted by Gasteiger charge is 2.28. The molecule has 116 valence electrons. The third-order valence-corrected chi connectivity index (χ3v) is 4.23. The second-order valence-electron chi connectivity index (χ2n) is 6.76.